The van der Waals surface area contributed by atoms with Crippen LogP contribution < -0.4 is 0 Å². The van der Waals surface area contributed by atoms with Gasteiger partial charge in [-0.3, -0.25) is 4.79 Å². The van der Waals surface area contributed by atoms with Crippen molar-refractivity contribution >= 4 is 16.9 Å². The molecule has 0 aliphatic heterocycles. The maximum absolute atomic E-state index is 13.1. The Kier molecular flexibility index (Phi) is 5.37. The average Bonchev–Trinajstić information content (AvgIpc) is 3.14. The minimum Gasteiger partial charge on any atom is -0.348 e. The van der Waals surface area contributed by atoms with Gasteiger partial charge in [-0.25, -0.2) is 9.97 Å². The molecule has 0 fully saturated rings. The Morgan fingerprint density at radius 2 is 1.96 bits per heavy atom. The number of likely N-dealkylation sites (N-methyl/N-ethyl adjacent to an activating group) is 1. The van der Waals surface area contributed by atoms with Crippen LogP contribution in [0.2, 0.25) is 0 Å². The topological polar surface area (TPSA) is 70.1 Å². The van der Waals surface area contributed by atoms with Crippen molar-refractivity contribution in [3.8, 4) is 0 Å². The first-order valence-electron chi connectivity index (χ1n) is 8.79. The number of hydrogen-bond acceptors (Lipinski definition) is 4. The lowest BCUT2D eigenvalue weighted by molar-refractivity contribution is -0.132. The fourth-order valence-electron chi connectivity index (χ4n) is 2.97. The van der Waals surface area contributed by atoms with Gasteiger partial charge in [-0.2, -0.15) is 0 Å². The highest BCUT2D eigenvalue weighted by atomic mass is 16.2. The smallest absolute Gasteiger partial charge is 0.242 e. The van der Waals surface area contributed by atoms with E-state index in [-0.39, 0.29) is 12.5 Å². The summed E-state index contributed by atoms with van der Waals surface area (Å²) in [6, 6.07) is 7.91. The Labute approximate surface area is 153 Å². The van der Waals surface area contributed by atoms with E-state index in [1.807, 2.05) is 61.7 Å². The largest absolute Gasteiger partial charge is 0.348 e. The van der Waals surface area contributed by atoms with Gasteiger partial charge >= 0.3 is 0 Å². The summed E-state index contributed by atoms with van der Waals surface area (Å²) in [4.78, 5) is 29.0. The van der Waals surface area contributed by atoms with Crippen LogP contribution in [0.25, 0.3) is 11.0 Å². The molecule has 0 spiro atoms. The molecule has 3 rings (SSSR count). The molecule has 7 nitrogen and oxygen atoms in total. The number of hydrogen-bond donors (Lipinski definition) is 1. The molecule has 0 radical (unpaired) electrons. The van der Waals surface area contributed by atoms with Crippen molar-refractivity contribution in [3.05, 3.63) is 47.8 Å². The van der Waals surface area contributed by atoms with Gasteiger partial charge in [0.05, 0.1) is 29.6 Å². The molecule has 0 saturated heterocycles. The second-order valence-corrected chi connectivity index (χ2v) is 6.83. The van der Waals surface area contributed by atoms with Gasteiger partial charge in [-0.15, -0.1) is 0 Å². The minimum atomic E-state index is 0.0699. The van der Waals surface area contributed by atoms with Crippen molar-refractivity contribution in [2.75, 3.05) is 27.2 Å². The number of benzene rings is 1. The van der Waals surface area contributed by atoms with Crippen molar-refractivity contribution in [2.45, 2.75) is 26.9 Å². The zero-order valence-electron chi connectivity index (χ0n) is 15.9. The Morgan fingerprint density at radius 1 is 1.19 bits per heavy atom. The van der Waals surface area contributed by atoms with Crippen LogP contribution >= 0.6 is 0 Å². The molecule has 1 N–H and O–H groups in total. The lowest BCUT2D eigenvalue weighted by Crippen LogP contribution is -2.38. The fourth-order valence-corrected chi connectivity index (χ4v) is 2.97. The molecule has 1 aromatic carbocycles. The number of para-hydroxylation sites is 2. The Morgan fingerprint density at radius 3 is 2.65 bits per heavy atom. The third-order valence-electron chi connectivity index (χ3n) is 4.58. The predicted octanol–water partition coefficient (Wildman–Crippen LogP) is 1.97. The van der Waals surface area contributed by atoms with Gasteiger partial charge in [0.2, 0.25) is 5.91 Å². The molecule has 1 amide bonds. The zero-order chi connectivity index (χ0) is 18.7. The molecule has 2 heterocycles. The molecule has 2 aromatic heterocycles. The lowest BCUT2D eigenvalue weighted by Gasteiger charge is -2.24. The van der Waals surface area contributed by atoms with Crippen molar-refractivity contribution in [1.29, 1.82) is 0 Å². The second-order valence-electron chi connectivity index (χ2n) is 6.83. The number of nitrogens with zero attached hydrogens (tertiary/aromatic N) is 5. The summed E-state index contributed by atoms with van der Waals surface area (Å²) in [5.74, 6) is 0.920. The van der Waals surface area contributed by atoms with Crippen LogP contribution in [0.15, 0.2) is 30.6 Å². The van der Waals surface area contributed by atoms with Crippen LogP contribution in [-0.2, 0) is 17.9 Å². The first kappa shape index (κ1) is 18.1. The highest BCUT2D eigenvalue weighted by molar-refractivity contribution is 5.81. The first-order valence-corrected chi connectivity index (χ1v) is 8.79. The zero-order valence-corrected chi connectivity index (χ0v) is 15.9. The van der Waals surface area contributed by atoms with E-state index in [9.17, 15) is 4.79 Å². The summed E-state index contributed by atoms with van der Waals surface area (Å²) in [5, 5.41) is 0. The number of H-pyrrole nitrogens is 1. The van der Waals surface area contributed by atoms with Crippen LogP contribution in [0, 0.1) is 13.8 Å². The van der Waals surface area contributed by atoms with E-state index in [2.05, 4.69) is 19.9 Å². The standard InChI is InChI=1S/C19H26N6O/c1-14-17(21-13-20-14)11-24(10-9-23(3)4)19(26)12-25-15(2)22-16-7-5-6-8-18(16)25/h5-8,13H,9-12H2,1-4H3,(H,20,21). The number of imidazole rings is 2. The highest BCUT2D eigenvalue weighted by Gasteiger charge is 2.19. The minimum absolute atomic E-state index is 0.0699. The van der Waals surface area contributed by atoms with Crippen molar-refractivity contribution in [2.24, 2.45) is 0 Å². The average molecular weight is 354 g/mol. The number of rotatable bonds is 7. The molecule has 7 heteroatoms. The van der Waals surface area contributed by atoms with E-state index in [1.165, 1.54) is 0 Å². The van der Waals surface area contributed by atoms with E-state index in [4.69, 9.17) is 0 Å². The van der Waals surface area contributed by atoms with Crippen LogP contribution in [-0.4, -0.2) is 62.4 Å². The summed E-state index contributed by atoms with van der Waals surface area (Å²) in [6.07, 6.45) is 1.67. The normalized spacial score (nSPS) is 11.4. The van der Waals surface area contributed by atoms with Crippen LogP contribution in [0.3, 0.4) is 0 Å². The summed E-state index contributed by atoms with van der Waals surface area (Å²) < 4.78 is 1.98. The van der Waals surface area contributed by atoms with Crippen molar-refractivity contribution in [1.82, 2.24) is 29.3 Å². The van der Waals surface area contributed by atoms with Gasteiger partial charge in [0.1, 0.15) is 12.4 Å². The molecular formula is C19H26N6O. The molecule has 0 unspecified atom stereocenters. The lowest BCUT2D eigenvalue weighted by atomic mass is 10.3. The first-order chi connectivity index (χ1) is 12.5. The van der Waals surface area contributed by atoms with E-state index >= 15 is 0 Å². The molecular weight excluding hydrogens is 328 g/mol. The maximum atomic E-state index is 13.1. The SMILES string of the molecule is Cc1[nH]cnc1CN(CCN(C)C)C(=O)Cn1c(C)nc2ccccc21. The van der Waals surface area contributed by atoms with Crippen LogP contribution in [0.4, 0.5) is 0 Å². The molecule has 3 aromatic rings. The number of carbonyl (C=O) groups excluding carboxylic acids is 1. The summed E-state index contributed by atoms with van der Waals surface area (Å²) in [6.45, 7) is 6.17. The molecule has 0 saturated carbocycles. The number of aromatic nitrogens is 4. The monoisotopic (exact) mass is 354 g/mol. The van der Waals surface area contributed by atoms with Gasteiger partial charge in [-0.05, 0) is 40.1 Å². The van der Waals surface area contributed by atoms with E-state index in [0.29, 0.717) is 13.1 Å². The number of nitrogens with one attached hydrogen (secondary N) is 1. The quantitative estimate of drug-likeness (QED) is 0.704. The molecule has 0 aliphatic carbocycles. The molecule has 0 bridgehead atoms. The second kappa shape index (κ2) is 7.70. The van der Waals surface area contributed by atoms with Gasteiger partial charge in [0, 0.05) is 18.8 Å². The third kappa shape index (κ3) is 3.94. The van der Waals surface area contributed by atoms with E-state index in [1.54, 1.807) is 6.33 Å². The third-order valence-corrected chi connectivity index (χ3v) is 4.58. The summed E-state index contributed by atoms with van der Waals surface area (Å²) in [5.41, 5.74) is 3.81. The predicted molar refractivity (Wildman–Crippen MR) is 102 cm³/mol. The number of amides is 1. The summed E-state index contributed by atoms with van der Waals surface area (Å²) >= 11 is 0. The van der Waals surface area contributed by atoms with Gasteiger partial charge in [0.25, 0.3) is 0 Å². The Balaban J connectivity index is 1.81. The van der Waals surface area contributed by atoms with Gasteiger partial charge < -0.3 is 19.4 Å². The molecule has 0 atom stereocenters. The van der Waals surface area contributed by atoms with E-state index < -0.39 is 0 Å². The number of carbonyl (C=O) groups is 1. The molecule has 138 valence electrons. The van der Waals surface area contributed by atoms with Gasteiger partial charge in [0.15, 0.2) is 0 Å². The highest BCUT2D eigenvalue weighted by Crippen LogP contribution is 2.16. The maximum Gasteiger partial charge on any atom is 0.242 e. The number of aromatic amines is 1. The number of fused-ring (bicyclic) bond motifs is 1. The number of aryl methyl sites for hydroxylation is 2. The Bertz CT molecular complexity index is 894. The van der Waals surface area contributed by atoms with Crippen LogP contribution in [0.1, 0.15) is 17.2 Å². The van der Waals surface area contributed by atoms with Crippen molar-refractivity contribution in [3.63, 3.8) is 0 Å². The Hall–Kier alpha value is -2.67. The molecule has 0 aliphatic rings. The van der Waals surface area contributed by atoms with Crippen molar-refractivity contribution < 1.29 is 4.79 Å². The van der Waals surface area contributed by atoms with E-state index in [0.717, 1.165) is 34.8 Å². The van der Waals surface area contributed by atoms with Gasteiger partial charge in [-0.1, -0.05) is 12.1 Å². The molecule has 26 heavy (non-hydrogen) atoms. The summed E-state index contributed by atoms with van der Waals surface area (Å²) in [7, 11) is 4.02. The fraction of sp³-hybridized carbons (Fsp3) is 0.421. The van der Waals surface area contributed by atoms with Crippen LogP contribution in [0.5, 0.6) is 0 Å².